The standard InChI is InChI=1S/C10H13NO2S/c1-8-3-2-4-9-5-6-11(14(12)13)7-10(8)9/h2-4H,5-7H2,1H3,(H,12,13). The Kier molecular flexibility index (Phi) is 2.67. The van der Waals surface area contributed by atoms with Gasteiger partial charge in [-0.3, -0.25) is 4.55 Å². The van der Waals surface area contributed by atoms with Gasteiger partial charge in [-0.1, -0.05) is 18.2 Å². The van der Waals surface area contributed by atoms with E-state index in [-0.39, 0.29) is 0 Å². The van der Waals surface area contributed by atoms with Gasteiger partial charge in [0.05, 0.1) is 0 Å². The van der Waals surface area contributed by atoms with E-state index in [1.807, 2.05) is 19.1 Å². The molecule has 1 heterocycles. The second kappa shape index (κ2) is 3.81. The van der Waals surface area contributed by atoms with E-state index in [0.717, 1.165) is 6.42 Å². The van der Waals surface area contributed by atoms with Crippen molar-refractivity contribution in [2.24, 2.45) is 0 Å². The SMILES string of the molecule is Cc1cccc2c1CN(S(=O)O)CC2. The summed E-state index contributed by atoms with van der Waals surface area (Å²) in [6.07, 6.45) is 0.864. The van der Waals surface area contributed by atoms with Gasteiger partial charge >= 0.3 is 0 Å². The van der Waals surface area contributed by atoms with E-state index in [0.29, 0.717) is 13.1 Å². The van der Waals surface area contributed by atoms with Crippen LogP contribution in [-0.4, -0.2) is 19.6 Å². The number of rotatable bonds is 1. The van der Waals surface area contributed by atoms with Crippen molar-refractivity contribution >= 4 is 11.3 Å². The third-order valence-electron chi connectivity index (χ3n) is 2.69. The van der Waals surface area contributed by atoms with Gasteiger partial charge < -0.3 is 0 Å². The van der Waals surface area contributed by atoms with E-state index < -0.39 is 11.3 Å². The molecule has 1 unspecified atom stereocenters. The number of aryl methyl sites for hydroxylation is 1. The maximum atomic E-state index is 10.9. The zero-order valence-electron chi connectivity index (χ0n) is 8.06. The van der Waals surface area contributed by atoms with Crippen molar-refractivity contribution in [3.63, 3.8) is 0 Å². The Bertz CT molecular complexity index is 378. The molecule has 1 aliphatic heterocycles. The van der Waals surface area contributed by atoms with Gasteiger partial charge in [0.25, 0.3) is 0 Å². The average Bonchev–Trinajstić information content (AvgIpc) is 2.18. The molecule has 14 heavy (non-hydrogen) atoms. The highest BCUT2D eigenvalue weighted by Crippen LogP contribution is 2.22. The summed E-state index contributed by atoms with van der Waals surface area (Å²) in [6, 6.07) is 6.18. The van der Waals surface area contributed by atoms with Crippen molar-refractivity contribution < 1.29 is 8.76 Å². The smallest absolute Gasteiger partial charge is 0.234 e. The molecule has 1 aliphatic rings. The minimum Gasteiger partial charge on any atom is -0.294 e. The number of fused-ring (bicyclic) bond motifs is 1. The van der Waals surface area contributed by atoms with Crippen molar-refractivity contribution in [1.82, 2.24) is 4.31 Å². The molecule has 1 N–H and O–H groups in total. The molecule has 3 nitrogen and oxygen atoms in total. The molecule has 0 saturated heterocycles. The topological polar surface area (TPSA) is 40.5 Å². The second-order valence-electron chi connectivity index (χ2n) is 3.56. The summed E-state index contributed by atoms with van der Waals surface area (Å²) < 4.78 is 21.5. The van der Waals surface area contributed by atoms with Gasteiger partial charge in [0.1, 0.15) is 0 Å². The third-order valence-corrected chi connectivity index (χ3v) is 3.45. The van der Waals surface area contributed by atoms with Crippen LogP contribution in [-0.2, 0) is 24.2 Å². The zero-order valence-corrected chi connectivity index (χ0v) is 8.88. The summed E-state index contributed by atoms with van der Waals surface area (Å²) in [5.41, 5.74) is 3.73. The highest BCUT2D eigenvalue weighted by atomic mass is 32.2. The van der Waals surface area contributed by atoms with E-state index in [4.69, 9.17) is 4.55 Å². The minimum atomic E-state index is -1.83. The lowest BCUT2D eigenvalue weighted by atomic mass is 9.97. The highest BCUT2D eigenvalue weighted by Gasteiger charge is 2.20. The normalized spacial score (nSPS) is 19.0. The Hall–Kier alpha value is -0.710. The van der Waals surface area contributed by atoms with Crippen LogP contribution >= 0.6 is 0 Å². The fraction of sp³-hybridized carbons (Fsp3) is 0.400. The molecule has 1 atom stereocenters. The van der Waals surface area contributed by atoms with E-state index in [2.05, 4.69) is 6.07 Å². The summed E-state index contributed by atoms with van der Waals surface area (Å²) >= 11 is -1.83. The molecule has 0 aromatic heterocycles. The predicted molar refractivity (Wildman–Crippen MR) is 56.1 cm³/mol. The molecular weight excluding hydrogens is 198 g/mol. The molecule has 0 fully saturated rings. The van der Waals surface area contributed by atoms with Gasteiger partial charge in [-0.05, 0) is 30.0 Å². The number of hydrogen-bond acceptors (Lipinski definition) is 1. The fourth-order valence-corrected chi connectivity index (χ4v) is 2.34. The van der Waals surface area contributed by atoms with Crippen molar-refractivity contribution in [2.75, 3.05) is 6.54 Å². The molecule has 0 bridgehead atoms. The first kappa shape index (κ1) is 9.83. The van der Waals surface area contributed by atoms with Crippen LogP contribution in [0.25, 0.3) is 0 Å². The Labute approximate surface area is 86.2 Å². The van der Waals surface area contributed by atoms with Gasteiger partial charge in [-0.2, -0.15) is 4.31 Å². The number of nitrogens with zero attached hydrogens (tertiary/aromatic N) is 1. The molecular formula is C10H13NO2S. The van der Waals surface area contributed by atoms with Gasteiger partial charge in [0, 0.05) is 13.1 Å². The number of hydrogen-bond donors (Lipinski definition) is 1. The lowest BCUT2D eigenvalue weighted by Crippen LogP contribution is -2.32. The van der Waals surface area contributed by atoms with Gasteiger partial charge in [-0.25, -0.2) is 4.21 Å². The molecule has 0 saturated carbocycles. The van der Waals surface area contributed by atoms with Crippen LogP contribution in [0.2, 0.25) is 0 Å². The van der Waals surface area contributed by atoms with Gasteiger partial charge in [0.15, 0.2) is 0 Å². The van der Waals surface area contributed by atoms with Crippen LogP contribution in [0.4, 0.5) is 0 Å². The minimum absolute atomic E-state index is 0.588. The van der Waals surface area contributed by atoms with Gasteiger partial charge in [0.2, 0.25) is 11.3 Å². The third kappa shape index (κ3) is 1.73. The van der Waals surface area contributed by atoms with Crippen LogP contribution in [0.3, 0.4) is 0 Å². The Balaban J connectivity index is 2.33. The maximum absolute atomic E-state index is 10.9. The molecule has 0 spiro atoms. The summed E-state index contributed by atoms with van der Waals surface area (Å²) in [7, 11) is 0. The van der Waals surface area contributed by atoms with Crippen molar-refractivity contribution in [2.45, 2.75) is 19.9 Å². The molecule has 2 rings (SSSR count). The predicted octanol–water partition coefficient (Wildman–Crippen LogP) is 1.49. The van der Waals surface area contributed by atoms with E-state index in [9.17, 15) is 4.21 Å². The van der Waals surface area contributed by atoms with Crippen molar-refractivity contribution in [3.8, 4) is 0 Å². The van der Waals surface area contributed by atoms with Crippen LogP contribution in [0.1, 0.15) is 16.7 Å². The molecule has 0 amide bonds. The second-order valence-corrected chi connectivity index (χ2v) is 4.53. The molecule has 76 valence electrons. The molecule has 0 radical (unpaired) electrons. The Morgan fingerprint density at radius 1 is 1.50 bits per heavy atom. The maximum Gasteiger partial charge on any atom is 0.234 e. The summed E-state index contributed by atoms with van der Waals surface area (Å²) in [5, 5.41) is 0. The van der Waals surface area contributed by atoms with Gasteiger partial charge in [-0.15, -0.1) is 0 Å². The molecule has 4 heteroatoms. The molecule has 0 aliphatic carbocycles. The Morgan fingerprint density at radius 3 is 3.00 bits per heavy atom. The fourth-order valence-electron chi connectivity index (χ4n) is 1.86. The first-order valence-corrected chi connectivity index (χ1v) is 5.68. The van der Waals surface area contributed by atoms with Crippen LogP contribution in [0.5, 0.6) is 0 Å². The lowest BCUT2D eigenvalue weighted by molar-refractivity contribution is 0.377. The highest BCUT2D eigenvalue weighted by molar-refractivity contribution is 7.76. The van der Waals surface area contributed by atoms with E-state index in [1.54, 1.807) is 4.31 Å². The van der Waals surface area contributed by atoms with E-state index in [1.165, 1.54) is 16.7 Å². The molecule has 1 aromatic rings. The van der Waals surface area contributed by atoms with Crippen LogP contribution in [0, 0.1) is 6.92 Å². The summed E-state index contributed by atoms with van der Waals surface area (Å²) in [6.45, 7) is 3.30. The quantitative estimate of drug-likeness (QED) is 0.715. The Morgan fingerprint density at radius 2 is 2.29 bits per heavy atom. The number of benzene rings is 1. The summed E-state index contributed by atoms with van der Waals surface area (Å²) in [4.78, 5) is 0. The van der Waals surface area contributed by atoms with Crippen molar-refractivity contribution in [3.05, 3.63) is 34.9 Å². The lowest BCUT2D eigenvalue weighted by Gasteiger charge is -2.26. The first-order valence-electron chi connectivity index (χ1n) is 4.62. The van der Waals surface area contributed by atoms with Crippen LogP contribution < -0.4 is 0 Å². The zero-order chi connectivity index (χ0) is 10.1. The molecule has 1 aromatic carbocycles. The largest absolute Gasteiger partial charge is 0.294 e. The van der Waals surface area contributed by atoms with Crippen molar-refractivity contribution in [1.29, 1.82) is 0 Å². The van der Waals surface area contributed by atoms with Crippen LogP contribution in [0.15, 0.2) is 18.2 Å². The monoisotopic (exact) mass is 211 g/mol. The first-order chi connectivity index (χ1) is 6.68. The average molecular weight is 211 g/mol. The van der Waals surface area contributed by atoms with E-state index >= 15 is 0 Å². The summed E-state index contributed by atoms with van der Waals surface area (Å²) in [5.74, 6) is 0.